The molecule has 0 spiro atoms. The molecule has 13 heteroatoms. The summed E-state index contributed by atoms with van der Waals surface area (Å²) >= 11 is 0. The van der Waals surface area contributed by atoms with Crippen molar-refractivity contribution in [3.8, 4) is 0 Å². The first-order valence-corrected chi connectivity index (χ1v) is 12.2. The molecule has 0 aliphatic carbocycles. The minimum atomic E-state index is -0.990. The number of amides is 1. The number of rotatable bonds is 9. The smallest absolute Gasteiger partial charge is 0.317 e. The number of piperazine rings is 1. The Kier molecular flexibility index (Phi) is 12.3. The van der Waals surface area contributed by atoms with Crippen molar-refractivity contribution in [3.63, 3.8) is 0 Å². The second kappa shape index (κ2) is 14.9. The Labute approximate surface area is 206 Å². The number of carbonyl (C=O) groups excluding carboxylic acids is 1. The van der Waals surface area contributed by atoms with E-state index in [2.05, 4.69) is 11.8 Å². The Balaban J connectivity index is 2.08. The number of hydrogen-bond acceptors (Lipinski definition) is 9. The molecule has 2 rings (SSSR count). The summed E-state index contributed by atoms with van der Waals surface area (Å²) in [7, 11) is 0. The Morgan fingerprint density at radius 2 is 0.771 bits per heavy atom. The highest BCUT2D eigenvalue weighted by molar-refractivity contribution is 5.78. The standard InChI is InChI=1S/C22H40N6O7/c1-2-23-11-13-28(14-12-23)19(29)15-24-3-5-25(16-20(30)31)7-9-27(18-22(34)35)10-8-26(6-4-24)17-21(32)33/h2-18H2,1H3,(H,30,31)(H,32,33)(H,34,35). The fraction of sp³-hybridized carbons (Fsp3) is 0.818. The average Bonchev–Trinajstić information content (AvgIpc) is 2.79. The van der Waals surface area contributed by atoms with Crippen LogP contribution in [0.5, 0.6) is 0 Å². The Hall–Kier alpha value is -2.32. The number of nitrogens with zero attached hydrogens (tertiary/aromatic N) is 6. The van der Waals surface area contributed by atoms with Crippen LogP contribution in [0.15, 0.2) is 0 Å². The van der Waals surface area contributed by atoms with Crippen LogP contribution in [-0.2, 0) is 19.2 Å². The summed E-state index contributed by atoms with van der Waals surface area (Å²) in [5.74, 6) is -2.90. The van der Waals surface area contributed by atoms with Crippen molar-refractivity contribution >= 4 is 23.8 Å². The molecule has 2 aliphatic rings. The molecular weight excluding hydrogens is 460 g/mol. The summed E-state index contributed by atoms with van der Waals surface area (Å²) in [4.78, 5) is 58.3. The third-order valence-corrected chi connectivity index (χ3v) is 6.54. The van der Waals surface area contributed by atoms with Crippen LogP contribution in [0.4, 0.5) is 0 Å². The zero-order chi connectivity index (χ0) is 25.8. The van der Waals surface area contributed by atoms with Gasteiger partial charge in [-0.2, -0.15) is 0 Å². The van der Waals surface area contributed by atoms with Gasteiger partial charge in [-0.1, -0.05) is 6.92 Å². The van der Waals surface area contributed by atoms with Gasteiger partial charge in [0.2, 0.25) is 5.91 Å². The van der Waals surface area contributed by atoms with Crippen LogP contribution < -0.4 is 0 Å². The molecule has 0 aromatic rings. The van der Waals surface area contributed by atoms with E-state index < -0.39 is 17.9 Å². The van der Waals surface area contributed by atoms with E-state index in [0.717, 1.165) is 19.6 Å². The quantitative estimate of drug-likeness (QED) is 0.311. The van der Waals surface area contributed by atoms with E-state index in [4.69, 9.17) is 0 Å². The molecular formula is C22H40N6O7. The first kappa shape index (κ1) is 28.9. The van der Waals surface area contributed by atoms with E-state index in [-0.39, 0.29) is 32.1 Å². The molecule has 1 amide bonds. The highest BCUT2D eigenvalue weighted by Gasteiger charge is 2.24. The number of likely N-dealkylation sites (N-methyl/N-ethyl adjacent to an activating group) is 1. The molecule has 13 nitrogen and oxygen atoms in total. The molecule has 3 N–H and O–H groups in total. The summed E-state index contributed by atoms with van der Waals surface area (Å²) in [5, 5.41) is 27.9. The largest absolute Gasteiger partial charge is 0.480 e. The lowest BCUT2D eigenvalue weighted by molar-refractivity contribution is -0.141. The molecule has 35 heavy (non-hydrogen) atoms. The Bertz CT molecular complexity index is 684. The third-order valence-electron chi connectivity index (χ3n) is 6.54. The summed E-state index contributed by atoms with van der Waals surface area (Å²) in [6.45, 7) is 8.87. The highest BCUT2D eigenvalue weighted by atomic mass is 16.4. The topological polar surface area (TPSA) is 148 Å². The van der Waals surface area contributed by atoms with E-state index in [1.165, 1.54) is 0 Å². The molecule has 0 unspecified atom stereocenters. The van der Waals surface area contributed by atoms with Crippen LogP contribution in [0.25, 0.3) is 0 Å². The summed E-state index contributed by atoms with van der Waals surface area (Å²) < 4.78 is 0. The van der Waals surface area contributed by atoms with Crippen LogP contribution in [0.1, 0.15) is 6.92 Å². The van der Waals surface area contributed by atoms with E-state index in [0.29, 0.717) is 65.4 Å². The van der Waals surface area contributed by atoms with Gasteiger partial charge in [-0.05, 0) is 6.54 Å². The van der Waals surface area contributed by atoms with Crippen molar-refractivity contribution in [2.24, 2.45) is 0 Å². The van der Waals surface area contributed by atoms with Crippen LogP contribution >= 0.6 is 0 Å². The van der Waals surface area contributed by atoms with Gasteiger partial charge in [-0.25, -0.2) is 0 Å². The van der Waals surface area contributed by atoms with Crippen LogP contribution in [0, 0.1) is 0 Å². The van der Waals surface area contributed by atoms with Crippen molar-refractivity contribution < 1.29 is 34.5 Å². The summed E-state index contributed by atoms with van der Waals surface area (Å²) in [6, 6.07) is 0. The molecule has 2 aliphatic heterocycles. The van der Waals surface area contributed by atoms with Gasteiger partial charge in [-0.15, -0.1) is 0 Å². The minimum Gasteiger partial charge on any atom is -0.480 e. The fourth-order valence-corrected chi connectivity index (χ4v) is 4.39. The van der Waals surface area contributed by atoms with E-state index in [1.54, 1.807) is 14.7 Å². The molecule has 0 atom stereocenters. The first-order valence-electron chi connectivity index (χ1n) is 12.2. The predicted molar refractivity (Wildman–Crippen MR) is 127 cm³/mol. The Morgan fingerprint density at radius 3 is 1.06 bits per heavy atom. The number of aliphatic carboxylic acids is 3. The lowest BCUT2D eigenvalue weighted by atomic mass is 10.3. The molecule has 200 valence electrons. The fourth-order valence-electron chi connectivity index (χ4n) is 4.39. The summed E-state index contributed by atoms with van der Waals surface area (Å²) in [6.07, 6.45) is 0. The van der Waals surface area contributed by atoms with Crippen molar-refractivity contribution in [2.45, 2.75) is 6.92 Å². The number of carboxylic acid groups (broad SMARTS) is 3. The minimum absolute atomic E-state index is 0.0232. The number of carbonyl (C=O) groups is 4. The van der Waals surface area contributed by atoms with Gasteiger partial charge in [0.15, 0.2) is 0 Å². The average molecular weight is 501 g/mol. The van der Waals surface area contributed by atoms with Crippen LogP contribution in [0.2, 0.25) is 0 Å². The maximum absolute atomic E-state index is 13.0. The van der Waals surface area contributed by atoms with Crippen LogP contribution in [0.3, 0.4) is 0 Å². The van der Waals surface area contributed by atoms with Gasteiger partial charge in [0, 0.05) is 78.5 Å². The van der Waals surface area contributed by atoms with Gasteiger partial charge in [-0.3, -0.25) is 38.8 Å². The number of carboxylic acids is 3. The van der Waals surface area contributed by atoms with Gasteiger partial charge < -0.3 is 25.1 Å². The SMILES string of the molecule is CCN1CCN(C(=O)CN2CCN(CC(=O)O)CCN(CC(=O)O)CCN(CC(=O)O)CC2)CC1. The van der Waals surface area contributed by atoms with Gasteiger partial charge in [0.05, 0.1) is 26.2 Å². The predicted octanol–water partition coefficient (Wildman–Crippen LogP) is -2.37. The molecule has 2 heterocycles. The van der Waals surface area contributed by atoms with E-state index >= 15 is 0 Å². The molecule has 2 saturated heterocycles. The van der Waals surface area contributed by atoms with Crippen molar-refractivity contribution in [2.75, 3.05) is 111 Å². The maximum atomic E-state index is 13.0. The Morgan fingerprint density at radius 1 is 0.486 bits per heavy atom. The van der Waals surface area contributed by atoms with Gasteiger partial charge in [0.1, 0.15) is 0 Å². The number of hydrogen-bond donors (Lipinski definition) is 3. The summed E-state index contributed by atoms with van der Waals surface area (Å²) in [5.41, 5.74) is 0. The normalized spacial score (nSPS) is 21.2. The van der Waals surface area contributed by atoms with Crippen molar-refractivity contribution in [1.29, 1.82) is 0 Å². The maximum Gasteiger partial charge on any atom is 0.317 e. The molecule has 0 aromatic carbocycles. The van der Waals surface area contributed by atoms with E-state index in [9.17, 15) is 34.5 Å². The highest BCUT2D eigenvalue weighted by Crippen LogP contribution is 2.05. The van der Waals surface area contributed by atoms with E-state index in [1.807, 2.05) is 9.80 Å². The van der Waals surface area contributed by atoms with Crippen LogP contribution in [-0.4, -0.2) is 180 Å². The van der Waals surface area contributed by atoms with Crippen molar-refractivity contribution in [1.82, 2.24) is 29.4 Å². The van der Waals surface area contributed by atoms with Gasteiger partial charge in [0.25, 0.3) is 0 Å². The third kappa shape index (κ3) is 11.3. The zero-order valence-corrected chi connectivity index (χ0v) is 20.7. The van der Waals surface area contributed by atoms with Gasteiger partial charge >= 0.3 is 17.9 Å². The second-order valence-electron chi connectivity index (χ2n) is 9.10. The zero-order valence-electron chi connectivity index (χ0n) is 20.7. The lowest BCUT2D eigenvalue weighted by Gasteiger charge is -2.36. The molecule has 0 radical (unpaired) electrons. The molecule has 2 fully saturated rings. The monoisotopic (exact) mass is 500 g/mol. The molecule has 0 aromatic heterocycles. The lowest BCUT2D eigenvalue weighted by Crippen LogP contribution is -2.53. The van der Waals surface area contributed by atoms with Crippen molar-refractivity contribution in [3.05, 3.63) is 0 Å². The molecule has 0 saturated carbocycles. The second-order valence-corrected chi connectivity index (χ2v) is 9.10. The first-order chi connectivity index (χ1) is 16.7. The molecule has 0 bridgehead atoms.